The Balaban J connectivity index is 1.71. The highest BCUT2D eigenvalue weighted by atomic mass is 32.1. The second-order valence-corrected chi connectivity index (χ2v) is 7.54. The van der Waals surface area contributed by atoms with Gasteiger partial charge in [-0.15, -0.1) is 22.7 Å². The molecule has 0 saturated heterocycles. The number of hydrogen-bond acceptors (Lipinski definition) is 6. The minimum atomic E-state index is -0.0536. The molecular weight excluding hydrogens is 368 g/mol. The quantitative estimate of drug-likeness (QED) is 0.603. The van der Waals surface area contributed by atoms with E-state index in [2.05, 4.69) is 18.0 Å². The van der Waals surface area contributed by atoms with Crippen LogP contribution in [0, 0.1) is 6.92 Å². The fourth-order valence-electron chi connectivity index (χ4n) is 2.45. The van der Waals surface area contributed by atoms with E-state index in [0.717, 1.165) is 5.69 Å². The number of hydrogen-bond donors (Lipinski definition) is 0. The van der Waals surface area contributed by atoms with Crippen molar-refractivity contribution in [1.29, 1.82) is 0 Å². The maximum atomic E-state index is 12.7. The molecule has 2 heterocycles. The van der Waals surface area contributed by atoms with E-state index in [-0.39, 0.29) is 5.91 Å². The summed E-state index contributed by atoms with van der Waals surface area (Å²) in [6, 6.07) is 7.31. The lowest BCUT2D eigenvalue weighted by Crippen LogP contribution is -2.26. The molecular formula is C19H20N2O3S2. The zero-order chi connectivity index (χ0) is 18.5. The van der Waals surface area contributed by atoms with Gasteiger partial charge in [-0.3, -0.25) is 4.79 Å². The fourth-order valence-corrected chi connectivity index (χ4v) is 3.96. The van der Waals surface area contributed by atoms with Gasteiger partial charge in [-0.25, -0.2) is 4.98 Å². The monoisotopic (exact) mass is 388 g/mol. The summed E-state index contributed by atoms with van der Waals surface area (Å²) in [4.78, 5) is 19.8. The highest BCUT2D eigenvalue weighted by Crippen LogP contribution is 2.29. The van der Waals surface area contributed by atoms with Crippen molar-refractivity contribution in [3.8, 4) is 11.5 Å². The van der Waals surface area contributed by atoms with Crippen molar-refractivity contribution in [1.82, 2.24) is 9.88 Å². The first-order valence-electron chi connectivity index (χ1n) is 8.05. The second kappa shape index (κ2) is 8.33. The number of nitrogens with zero attached hydrogens (tertiary/aromatic N) is 2. The Morgan fingerprint density at radius 1 is 1.27 bits per heavy atom. The van der Waals surface area contributed by atoms with E-state index in [0.29, 0.717) is 30.2 Å². The highest BCUT2D eigenvalue weighted by molar-refractivity contribution is 7.10. The summed E-state index contributed by atoms with van der Waals surface area (Å²) < 4.78 is 11.2. The molecule has 0 atom stereocenters. The number of ether oxygens (including phenoxy) is 2. The Hall–Kier alpha value is -2.38. The molecule has 7 heteroatoms. The van der Waals surface area contributed by atoms with Crippen molar-refractivity contribution >= 4 is 28.6 Å². The average Bonchev–Trinajstić information content (AvgIpc) is 3.31. The van der Waals surface area contributed by atoms with Crippen molar-refractivity contribution in [3.05, 3.63) is 62.2 Å². The molecule has 0 radical (unpaired) electrons. The minimum absolute atomic E-state index is 0.0536. The van der Waals surface area contributed by atoms with Crippen LogP contribution in [-0.2, 0) is 13.2 Å². The van der Waals surface area contributed by atoms with E-state index in [1.165, 1.54) is 21.8 Å². The zero-order valence-corrected chi connectivity index (χ0v) is 16.5. The maximum absolute atomic E-state index is 12.7. The number of carbonyl (C=O) groups is 1. The summed E-state index contributed by atoms with van der Waals surface area (Å²) in [5.74, 6) is 1.07. The number of thiophene rings is 1. The van der Waals surface area contributed by atoms with Crippen molar-refractivity contribution in [2.75, 3.05) is 14.2 Å². The van der Waals surface area contributed by atoms with Crippen molar-refractivity contribution in [2.24, 2.45) is 0 Å². The molecule has 2 aromatic heterocycles. The molecule has 0 N–H and O–H groups in total. The summed E-state index contributed by atoms with van der Waals surface area (Å²) >= 11 is 3.19. The van der Waals surface area contributed by atoms with Gasteiger partial charge in [-0.1, -0.05) is 0 Å². The first kappa shape index (κ1) is 18.4. The van der Waals surface area contributed by atoms with Crippen LogP contribution in [0.5, 0.6) is 11.5 Å². The van der Waals surface area contributed by atoms with Gasteiger partial charge in [0.15, 0.2) is 11.5 Å². The Labute approximate surface area is 160 Å². The molecule has 3 aromatic rings. The number of rotatable bonds is 7. The minimum Gasteiger partial charge on any atom is -0.493 e. The van der Waals surface area contributed by atoms with Crippen LogP contribution in [-0.4, -0.2) is 29.9 Å². The van der Waals surface area contributed by atoms with Gasteiger partial charge < -0.3 is 14.4 Å². The van der Waals surface area contributed by atoms with Crippen molar-refractivity contribution < 1.29 is 14.3 Å². The summed E-state index contributed by atoms with van der Waals surface area (Å²) in [6.45, 7) is 3.01. The molecule has 1 amide bonds. The van der Waals surface area contributed by atoms with E-state index >= 15 is 0 Å². The van der Waals surface area contributed by atoms with Crippen molar-refractivity contribution in [2.45, 2.75) is 20.1 Å². The van der Waals surface area contributed by atoms with Crippen LogP contribution in [0.1, 0.15) is 26.5 Å². The van der Waals surface area contributed by atoms with Gasteiger partial charge in [0.25, 0.3) is 5.91 Å². The molecule has 0 aliphatic carbocycles. The SMILES string of the molecule is COc1cc(C(=O)N(C)Cc2sccc2C)ccc1OCc1cscn1. The van der Waals surface area contributed by atoms with Crippen LogP contribution in [0.3, 0.4) is 0 Å². The lowest BCUT2D eigenvalue weighted by atomic mass is 10.1. The number of thiazole rings is 1. The zero-order valence-electron chi connectivity index (χ0n) is 14.9. The van der Waals surface area contributed by atoms with Crippen LogP contribution >= 0.6 is 22.7 Å². The first-order valence-corrected chi connectivity index (χ1v) is 9.87. The lowest BCUT2D eigenvalue weighted by molar-refractivity contribution is 0.0786. The third-order valence-corrected chi connectivity index (χ3v) is 5.61. The maximum Gasteiger partial charge on any atom is 0.254 e. The number of methoxy groups -OCH3 is 1. The van der Waals surface area contributed by atoms with Crippen LogP contribution in [0.4, 0.5) is 0 Å². The molecule has 0 aliphatic rings. The summed E-state index contributed by atoms with van der Waals surface area (Å²) in [5, 5.41) is 3.98. The lowest BCUT2D eigenvalue weighted by Gasteiger charge is -2.18. The molecule has 26 heavy (non-hydrogen) atoms. The van der Waals surface area contributed by atoms with Crippen molar-refractivity contribution in [3.63, 3.8) is 0 Å². The van der Waals surface area contributed by atoms with E-state index in [1.807, 2.05) is 10.8 Å². The van der Waals surface area contributed by atoms with Gasteiger partial charge in [0, 0.05) is 22.9 Å². The van der Waals surface area contributed by atoms with Gasteiger partial charge in [-0.2, -0.15) is 0 Å². The van der Waals surface area contributed by atoms with Crippen LogP contribution in [0.25, 0.3) is 0 Å². The largest absolute Gasteiger partial charge is 0.493 e. The predicted molar refractivity (Wildman–Crippen MR) is 104 cm³/mol. The van der Waals surface area contributed by atoms with E-state index < -0.39 is 0 Å². The molecule has 0 unspecified atom stereocenters. The molecule has 5 nitrogen and oxygen atoms in total. The second-order valence-electron chi connectivity index (χ2n) is 5.82. The highest BCUT2D eigenvalue weighted by Gasteiger charge is 2.16. The molecule has 1 aromatic carbocycles. The van der Waals surface area contributed by atoms with Crippen LogP contribution in [0.15, 0.2) is 40.5 Å². The molecule has 0 fully saturated rings. The Morgan fingerprint density at radius 3 is 2.77 bits per heavy atom. The van der Waals surface area contributed by atoms with Gasteiger partial charge in [0.05, 0.1) is 24.9 Å². The smallest absolute Gasteiger partial charge is 0.254 e. The number of benzene rings is 1. The molecule has 136 valence electrons. The summed E-state index contributed by atoms with van der Waals surface area (Å²) in [6.07, 6.45) is 0. The Kier molecular flexibility index (Phi) is 5.90. The van der Waals surface area contributed by atoms with Gasteiger partial charge in [0.1, 0.15) is 6.61 Å². The van der Waals surface area contributed by atoms with E-state index in [4.69, 9.17) is 9.47 Å². The number of amides is 1. The van der Waals surface area contributed by atoms with Gasteiger partial charge in [-0.05, 0) is 42.1 Å². The third-order valence-electron chi connectivity index (χ3n) is 3.97. The van der Waals surface area contributed by atoms with Crippen LogP contribution in [0.2, 0.25) is 0 Å². The molecule has 0 spiro atoms. The molecule has 0 aliphatic heterocycles. The topological polar surface area (TPSA) is 51.7 Å². The fraction of sp³-hybridized carbons (Fsp3) is 0.263. The first-order chi connectivity index (χ1) is 12.6. The van der Waals surface area contributed by atoms with E-state index in [1.54, 1.807) is 54.1 Å². The van der Waals surface area contributed by atoms with E-state index in [9.17, 15) is 4.79 Å². The molecule has 0 saturated carbocycles. The molecule has 0 bridgehead atoms. The van der Waals surface area contributed by atoms with Gasteiger partial charge in [0.2, 0.25) is 0 Å². The summed E-state index contributed by atoms with van der Waals surface area (Å²) in [7, 11) is 3.37. The number of aromatic nitrogens is 1. The normalized spacial score (nSPS) is 10.6. The Bertz CT molecular complexity index is 875. The molecule has 3 rings (SSSR count). The predicted octanol–water partition coefficient (Wildman–Crippen LogP) is 4.37. The summed E-state index contributed by atoms with van der Waals surface area (Å²) in [5.41, 5.74) is 4.41. The number of carbonyl (C=O) groups excluding carboxylic acids is 1. The third kappa shape index (κ3) is 4.23. The average molecular weight is 389 g/mol. The number of aryl methyl sites for hydroxylation is 1. The van der Waals surface area contributed by atoms with Crippen LogP contribution < -0.4 is 9.47 Å². The van der Waals surface area contributed by atoms with Gasteiger partial charge >= 0.3 is 0 Å². The Morgan fingerprint density at radius 2 is 2.12 bits per heavy atom. The standard InChI is InChI=1S/C19H20N2O3S2/c1-13-6-7-26-18(13)9-21(2)19(22)14-4-5-16(17(8-14)23-3)24-10-15-11-25-12-20-15/h4-8,11-12H,9-10H2,1-3H3.